The predicted molar refractivity (Wildman–Crippen MR) is 78.9 cm³/mol. The lowest BCUT2D eigenvalue weighted by molar-refractivity contribution is 0.210. The minimum atomic E-state index is 0. The Labute approximate surface area is 117 Å². The van der Waals surface area contributed by atoms with Crippen molar-refractivity contribution in [1.29, 1.82) is 0 Å². The molecule has 1 aromatic heterocycles. The summed E-state index contributed by atoms with van der Waals surface area (Å²) in [5.41, 5.74) is 7.20. The molecule has 0 saturated heterocycles. The Morgan fingerprint density at radius 1 is 1.44 bits per heavy atom. The smallest absolute Gasteiger partial charge is 0.0534 e. The third kappa shape index (κ3) is 5.85. The van der Waals surface area contributed by atoms with Gasteiger partial charge in [-0.2, -0.15) is 5.10 Å². The molecule has 0 aliphatic heterocycles. The zero-order chi connectivity index (χ0) is 12.9. The Hall–Kier alpha value is -0.580. The van der Waals surface area contributed by atoms with Crippen LogP contribution in [0.5, 0.6) is 0 Å². The van der Waals surface area contributed by atoms with E-state index in [1.807, 2.05) is 10.9 Å². The maximum Gasteiger partial charge on any atom is 0.0534 e. The van der Waals surface area contributed by atoms with Crippen LogP contribution in [0.25, 0.3) is 0 Å². The average molecular weight is 275 g/mol. The molecule has 18 heavy (non-hydrogen) atoms. The summed E-state index contributed by atoms with van der Waals surface area (Å²) in [5, 5.41) is 4.34. The van der Waals surface area contributed by atoms with E-state index in [9.17, 15) is 0 Å². The van der Waals surface area contributed by atoms with E-state index in [0.29, 0.717) is 6.54 Å². The van der Waals surface area contributed by atoms with E-state index in [-0.39, 0.29) is 17.8 Å². The van der Waals surface area contributed by atoms with Crippen molar-refractivity contribution in [3.63, 3.8) is 0 Å². The highest BCUT2D eigenvalue weighted by molar-refractivity contribution is 5.85. The Balaban J connectivity index is 0.00000289. The van der Waals surface area contributed by atoms with Crippen LogP contribution in [0.4, 0.5) is 0 Å². The van der Waals surface area contributed by atoms with Gasteiger partial charge in [-0.25, -0.2) is 0 Å². The maximum atomic E-state index is 5.75. The third-order valence-electron chi connectivity index (χ3n) is 2.84. The molecule has 0 amide bonds. The Morgan fingerprint density at radius 2 is 2.11 bits per heavy atom. The van der Waals surface area contributed by atoms with E-state index in [1.165, 1.54) is 5.56 Å². The molecule has 106 valence electrons. The molecule has 0 aromatic carbocycles. The number of nitrogens with two attached hydrogens (primary N) is 1. The normalized spacial score (nSPS) is 11.7. The van der Waals surface area contributed by atoms with E-state index in [0.717, 1.165) is 26.1 Å². The molecule has 0 unspecified atom stereocenters. The first-order valence-electron chi connectivity index (χ1n) is 6.37. The van der Waals surface area contributed by atoms with Gasteiger partial charge in [-0.3, -0.25) is 4.68 Å². The van der Waals surface area contributed by atoms with Crippen molar-refractivity contribution in [2.24, 2.45) is 11.1 Å². The average Bonchev–Trinajstić information content (AvgIpc) is 2.65. The Bertz CT molecular complexity index is 335. The summed E-state index contributed by atoms with van der Waals surface area (Å²) in [6.45, 7) is 10.2. The first-order chi connectivity index (χ1) is 7.96. The van der Waals surface area contributed by atoms with E-state index in [2.05, 4.69) is 44.0 Å². The quantitative estimate of drug-likeness (QED) is 0.829. The van der Waals surface area contributed by atoms with Crippen molar-refractivity contribution in [2.75, 3.05) is 20.1 Å². The molecule has 1 aromatic rings. The number of hydrogen-bond acceptors (Lipinski definition) is 3. The molecule has 1 heterocycles. The van der Waals surface area contributed by atoms with Gasteiger partial charge >= 0.3 is 0 Å². The zero-order valence-corrected chi connectivity index (χ0v) is 12.8. The van der Waals surface area contributed by atoms with Crippen molar-refractivity contribution in [1.82, 2.24) is 14.7 Å². The van der Waals surface area contributed by atoms with Crippen molar-refractivity contribution in [3.05, 3.63) is 18.0 Å². The highest BCUT2D eigenvalue weighted by atomic mass is 35.5. The zero-order valence-electron chi connectivity index (χ0n) is 12.0. The van der Waals surface area contributed by atoms with Gasteiger partial charge in [-0.05, 0) is 25.4 Å². The SMILES string of the molecule is CCCn1cc(CN(C)CC(C)(C)CN)cn1.Cl. The fourth-order valence-corrected chi connectivity index (χ4v) is 2.00. The second-order valence-electron chi connectivity index (χ2n) is 5.65. The van der Waals surface area contributed by atoms with Gasteiger partial charge in [0.2, 0.25) is 0 Å². The molecule has 0 bridgehead atoms. The van der Waals surface area contributed by atoms with Gasteiger partial charge in [0.05, 0.1) is 6.20 Å². The first-order valence-corrected chi connectivity index (χ1v) is 6.37. The summed E-state index contributed by atoms with van der Waals surface area (Å²) in [4.78, 5) is 2.31. The van der Waals surface area contributed by atoms with Crippen molar-refractivity contribution in [2.45, 2.75) is 40.3 Å². The van der Waals surface area contributed by atoms with Gasteiger partial charge in [-0.15, -0.1) is 12.4 Å². The Kier molecular flexibility index (Phi) is 7.52. The van der Waals surface area contributed by atoms with E-state index in [4.69, 9.17) is 5.73 Å². The van der Waals surface area contributed by atoms with Gasteiger partial charge in [0, 0.05) is 31.4 Å². The number of nitrogens with zero attached hydrogens (tertiary/aromatic N) is 3. The molecule has 0 saturated carbocycles. The lowest BCUT2D eigenvalue weighted by atomic mass is 9.93. The van der Waals surface area contributed by atoms with Crippen LogP contribution in [0.3, 0.4) is 0 Å². The lowest BCUT2D eigenvalue weighted by Crippen LogP contribution is -2.36. The summed E-state index contributed by atoms with van der Waals surface area (Å²) < 4.78 is 2.01. The van der Waals surface area contributed by atoms with Crippen molar-refractivity contribution >= 4 is 12.4 Å². The maximum absolute atomic E-state index is 5.75. The second-order valence-corrected chi connectivity index (χ2v) is 5.65. The summed E-state index contributed by atoms with van der Waals surface area (Å²) in [6.07, 6.45) is 5.22. The van der Waals surface area contributed by atoms with Gasteiger partial charge in [-0.1, -0.05) is 20.8 Å². The number of aromatic nitrogens is 2. The van der Waals surface area contributed by atoms with Crippen LogP contribution in [0.2, 0.25) is 0 Å². The van der Waals surface area contributed by atoms with Crippen LogP contribution in [0, 0.1) is 5.41 Å². The van der Waals surface area contributed by atoms with Crippen LogP contribution in [0.1, 0.15) is 32.8 Å². The van der Waals surface area contributed by atoms with E-state index < -0.39 is 0 Å². The molecular formula is C13H27ClN4. The van der Waals surface area contributed by atoms with Crippen molar-refractivity contribution < 1.29 is 0 Å². The van der Waals surface area contributed by atoms with Crippen molar-refractivity contribution in [3.8, 4) is 0 Å². The van der Waals surface area contributed by atoms with Crippen LogP contribution in [0.15, 0.2) is 12.4 Å². The molecule has 5 heteroatoms. The predicted octanol–water partition coefficient (Wildman–Crippen LogP) is 2.13. The summed E-state index contributed by atoms with van der Waals surface area (Å²) in [6, 6.07) is 0. The highest BCUT2D eigenvalue weighted by Gasteiger charge is 2.18. The van der Waals surface area contributed by atoms with Crippen LogP contribution in [-0.4, -0.2) is 34.8 Å². The van der Waals surface area contributed by atoms with Gasteiger partial charge in [0.15, 0.2) is 0 Å². The second kappa shape index (κ2) is 7.77. The number of aryl methyl sites for hydroxylation is 1. The molecule has 0 spiro atoms. The molecule has 2 N–H and O–H groups in total. The van der Waals surface area contributed by atoms with Crippen LogP contribution >= 0.6 is 12.4 Å². The molecule has 0 aliphatic carbocycles. The number of rotatable bonds is 7. The van der Waals surface area contributed by atoms with Gasteiger partial charge in [0.25, 0.3) is 0 Å². The molecule has 0 radical (unpaired) electrons. The first kappa shape index (κ1) is 17.4. The molecule has 0 aliphatic rings. The highest BCUT2D eigenvalue weighted by Crippen LogP contribution is 2.15. The fourth-order valence-electron chi connectivity index (χ4n) is 2.00. The molecule has 1 rings (SSSR count). The lowest BCUT2D eigenvalue weighted by Gasteiger charge is -2.28. The summed E-state index contributed by atoms with van der Waals surface area (Å²) >= 11 is 0. The van der Waals surface area contributed by atoms with E-state index >= 15 is 0 Å². The fraction of sp³-hybridized carbons (Fsp3) is 0.769. The molecule has 0 atom stereocenters. The van der Waals surface area contributed by atoms with Gasteiger partial charge in [0.1, 0.15) is 0 Å². The monoisotopic (exact) mass is 274 g/mol. The van der Waals surface area contributed by atoms with Crippen LogP contribution in [-0.2, 0) is 13.1 Å². The number of halogens is 1. The van der Waals surface area contributed by atoms with E-state index in [1.54, 1.807) is 0 Å². The molecule has 0 fully saturated rings. The topological polar surface area (TPSA) is 47.1 Å². The minimum Gasteiger partial charge on any atom is -0.330 e. The summed E-state index contributed by atoms with van der Waals surface area (Å²) in [7, 11) is 2.13. The minimum absolute atomic E-state index is 0. The van der Waals surface area contributed by atoms with Crippen LogP contribution < -0.4 is 5.73 Å². The summed E-state index contributed by atoms with van der Waals surface area (Å²) in [5.74, 6) is 0. The van der Waals surface area contributed by atoms with Gasteiger partial charge < -0.3 is 10.6 Å². The Morgan fingerprint density at radius 3 is 2.67 bits per heavy atom. The standard InChI is InChI=1S/C13H26N4.ClH/c1-5-6-17-9-12(7-15-17)8-16(4)11-13(2,3)10-14;/h7,9H,5-6,8,10-11,14H2,1-4H3;1H. The molecular weight excluding hydrogens is 248 g/mol. The third-order valence-corrected chi connectivity index (χ3v) is 2.84. The largest absolute Gasteiger partial charge is 0.330 e. The molecule has 4 nitrogen and oxygen atoms in total. The number of hydrogen-bond donors (Lipinski definition) is 1.